The number of nitro groups is 1. The molecule has 2 aromatic rings. The Morgan fingerprint density at radius 2 is 1.96 bits per heavy atom. The third kappa shape index (κ3) is 5.32. The summed E-state index contributed by atoms with van der Waals surface area (Å²) in [5, 5.41) is 29.5. The minimum atomic E-state index is -1.04. The Morgan fingerprint density at radius 3 is 2.58 bits per heavy atom. The molecule has 2 N–H and O–H groups in total. The molecule has 1 atom stereocenters. The molecule has 6 nitrogen and oxygen atoms in total. The molecular formula is C17H16F2INO5. The number of aliphatic hydroxyl groups is 2. The van der Waals surface area contributed by atoms with E-state index in [1.807, 2.05) is 22.6 Å². The van der Waals surface area contributed by atoms with Gasteiger partial charge in [-0.25, -0.2) is 8.78 Å². The average molecular weight is 479 g/mol. The minimum Gasteiger partial charge on any atom is -0.487 e. The van der Waals surface area contributed by atoms with Gasteiger partial charge in [0.15, 0.2) is 5.75 Å². The Hall–Kier alpha value is -1.85. The Balaban J connectivity index is 2.34. The predicted octanol–water partition coefficient (Wildman–Crippen LogP) is 3.19. The molecule has 0 saturated heterocycles. The van der Waals surface area contributed by atoms with Crippen molar-refractivity contribution in [3.05, 3.63) is 66.8 Å². The molecule has 0 aliphatic heterocycles. The van der Waals surface area contributed by atoms with Crippen LogP contribution in [0.3, 0.4) is 0 Å². The fourth-order valence-corrected chi connectivity index (χ4v) is 2.80. The molecule has 0 saturated carbocycles. The number of aliphatic hydroxyl groups excluding tert-OH is 2. The standard InChI is InChI=1S/C17H16F2INO5/c18-12-6-11(5-10-1-2-13(20)8-15(10)19)17(21(24)25)16(7-12)26-4-3-14(23)9-22/h1-2,6-8,14,22-23H,3-5,9H2. The quantitative estimate of drug-likeness (QED) is 0.345. The summed E-state index contributed by atoms with van der Waals surface area (Å²) in [5.74, 6) is -1.60. The summed E-state index contributed by atoms with van der Waals surface area (Å²) in [7, 11) is 0. The molecule has 0 aromatic heterocycles. The molecule has 0 aliphatic rings. The first-order valence-electron chi connectivity index (χ1n) is 7.64. The maximum Gasteiger partial charge on any atom is 0.314 e. The molecule has 2 rings (SSSR count). The van der Waals surface area contributed by atoms with Crippen molar-refractivity contribution in [2.75, 3.05) is 13.2 Å². The number of hydrogen-bond acceptors (Lipinski definition) is 5. The van der Waals surface area contributed by atoms with E-state index in [2.05, 4.69) is 0 Å². The molecule has 0 fully saturated rings. The van der Waals surface area contributed by atoms with Gasteiger partial charge >= 0.3 is 5.69 Å². The molecule has 0 heterocycles. The van der Waals surface area contributed by atoms with Crippen LogP contribution in [0, 0.1) is 25.3 Å². The van der Waals surface area contributed by atoms with E-state index in [1.165, 1.54) is 12.1 Å². The van der Waals surface area contributed by atoms with E-state index in [1.54, 1.807) is 6.07 Å². The summed E-state index contributed by atoms with van der Waals surface area (Å²) in [6.07, 6.45) is -1.19. The van der Waals surface area contributed by atoms with Crippen molar-refractivity contribution in [2.24, 2.45) is 0 Å². The van der Waals surface area contributed by atoms with Crippen molar-refractivity contribution in [1.29, 1.82) is 0 Å². The van der Waals surface area contributed by atoms with E-state index in [9.17, 15) is 24.0 Å². The van der Waals surface area contributed by atoms with Crippen LogP contribution in [0.15, 0.2) is 30.3 Å². The Morgan fingerprint density at radius 1 is 1.23 bits per heavy atom. The molecule has 0 amide bonds. The molecule has 140 valence electrons. The van der Waals surface area contributed by atoms with Gasteiger partial charge in [0.2, 0.25) is 0 Å². The highest BCUT2D eigenvalue weighted by Gasteiger charge is 2.24. The Bertz CT molecular complexity index is 803. The second-order valence-corrected chi connectivity index (χ2v) is 6.80. The fourth-order valence-electron chi connectivity index (χ4n) is 2.35. The van der Waals surface area contributed by atoms with Gasteiger partial charge in [0.1, 0.15) is 11.6 Å². The molecule has 2 aromatic carbocycles. The first-order valence-corrected chi connectivity index (χ1v) is 8.72. The first-order chi connectivity index (χ1) is 12.3. The van der Waals surface area contributed by atoms with Crippen LogP contribution in [0.2, 0.25) is 0 Å². The van der Waals surface area contributed by atoms with Crippen LogP contribution in [0.4, 0.5) is 14.5 Å². The lowest BCUT2D eigenvalue weighted by Gasteiger charge is -2.12. The number of nitro benzene ring substituents is 1. The van der Waals surface area contributed by atoms with Gasteiger partial charge in [-0.05, 0) is 46.4 Å². The lowest BCUT2D eigenvalue weighted by atomic mass is 10.0. The zero-order valence-corrected chi connectivity index (χ0v) is 15.7. The van der Waals surface area contributed by atoms with E-state index in [0.29, 0.717) is 3.57 Å². The smallest absolute Gasteiger partial charge is 0.314 e. The van der Waals surface area contributed by atoms with Crippen LogP contribution in [0.5, 0.6) is 5.75 Å². The van der Waals surface area contributed by atoms with Gasteiger partial charge in [0.05, 0.1) is 24.2 Å². The van der Waals surface area contributed by atoms with E-state index < -0.39 is 35.0 Å². The van der Waals surface area contributed by atoms with Gasteiger partial charge in [-0.1, -0.05) is 6.07 Å². The summed E-state index contributed by atoms with van der Waals surface area (Å²) in [6, 6.07) is 6.28. The van der Waals surface area contributed by atoms with Crippen LogP contribution in [0.25, 0.3) is 0 Å². The predicted molar refractivity (Wildman–Crippen MR) is 98.2 cm³/mol. The number of hydrogen-bond donors (Lipinski definition) is 2. The number of halogens is 3. The summed E-state index contributed by atoms with van der Waals surface area (Å²) in [5.41, 5.74) is -0.281. The maximum absolute atomic E-state index is 14.0. The summed E-state index contributed by atoms with van der Waals surface area (Å²) in [4.78, 5) is 10.7. The Labute approximate surface area is 161 Å². The fraction of sp³-hybridized carbons (Fsp3) is 0.294. The van der Waals surface area contributed by atoms with Crippen molar-refractivity contribution in [3.63, 3.8) is 0 Å². The number of ether oxygens (including phenoxy) is 1. The molecule has 9 heteroatoms. The number of rotatable bonds is 8. The number of nitrogens with zero attached hydrogens (tertiary/aromatic N) is 1. The van der Waals surface area contributed by atoms with Crippen LogP contribution in [0.1, 0.15) is 17.5 Å². The van der Waals surface area contributed by atoms with E-state index >= 15 is 0 Å². The van der Waals surface area contributed by atoms with Gasteiger partial charge in [-0.3, -0.25) is 10.1 Å². The molecule has 26 heavy (non-hydrogen) atoms. The zero-order chi connectivity index (χ0) is 19.3. The zero-order valence-electron chi connectivity index (χ0n) is 13.5. The maximum atomic E-state index is 14.0. The molecule has 0 spiro atoms. The third-order valence-electron chi connectivity index (χ3n) is 3.62. The van der Waals surface area contributed by atoms with Crippen molar-refractivity contribution in [3.8, 4) is 5.75 Å². The highest BCUT2D eigenvalue weighted by atomic mass is 127. The Kier molecular flexibility index (Phi) is 7.23. The van der Waals surface area contributed by atoms with Gasteiger partial charge < -0.3 is 14.9 Å². The van der Waals surface area contributed by atoms with Crippen molar-refractivity contribution in [2.45, 2.75) is 18.9 Å². The molecule has 0 bridgehead atoms. The number of benzene rings is 2. The lowest BCUT2D eigenvalue weighted by Crippen LogP contribution is -2.16. The second kappa shape index (κ2) is 9.19. The van der Waals surface area contributed by atoms with E-state index in [0.717, 1.165) is 12.1 Å². The van der Waals surface area contributed by atoms with Crippen molar-refractivity contribution < 1.29 is 28.7 Å². The van der Waals surface area contributed by atoms with E-state index in [-0.39, 0.29) is 36.3 Å². The van der Waals surface area contributed by atoms with Gasteiger partial charge in [0.25, 0.3) is 0 Å². The van der Waals surface area contributed by atoms with Crippen LogP contribution in [-0.2, 0) is 6.42 Å². The first kappa shape index (κ1) is 20.5. The summed E-state index contributed by atoms with van der Waals surface area (Å²) >= 11 is 1.94. The average Bonchev–Trinajstić information content (AvgIpc) is 2.56. The second-order valence-electron chi connectivity index (χ2n) is 5.55. The van der Waals surface area contributed by atoms with Gasteiger partial charge in [0, 0.05) is 28.0 Å². The molecule has 0 radical (unpaired) electrons. The highest BCUT2D eigenvalue weighted by molar-refractivity contribution is 14.1. The molecular weight excluding hydrogens is 463 g/mol. The largest absolute Gasteiger partial charge is 0.487 e. The van der Waals surface area contributed by atoms with Gasteiger partial charge in [-0.15, -0.1) is 0 Å². The lowest BCUT2D eigenvalue weighted by molar-refractivity contribution is -0.386. The molecule has 1 unspecified atom stereocenters. The van der Waals surface area contributed by atoms with Gasteiger partial charge in [-0.2, -0.15) is 0 Å². The minimum absolute atomic E-state index is 0.0191. The summed E-state index contributed by atoms with van der Waals surface area (Å²) in [6.45, 7) is -0.630. The normalized spacial score (nSPS) is 12.0. The van der Waals surface area contributed by atoms with Crippen LogP contribution >= 0.6 is 22.6 Å². The van der Waals surface area contributed by atoms with Crippen LogP contribution < -0.4 is 4.74 Å². The molecule has 0 aliphatic carbocycles. The van der Waals surface area contributed by atoms with Crippen LogP contribution in [-0.4, -0.2) is 34.5 Å². The monoisotopic (exact) mass is 479 g/mol. The highest BCUT2D eigenvalue weighted by Crippen LogP contribution is 2.34. The topological polar surface area (TPSA) is 92.8 Å². The van der Waals surface area contributed by atoms with E-state index in [4.69, 9.17) is 9.84 Å². The SMILES string of the molecule is O=[N+]([O-])c1c(Cc2ccc(I)cc2F)cc(F)cc1OCCC(O)CO. The summed E-state index contributed by atoms with van der Waals surface area (Å²) < 4.78 is 33.9. The van der Waals surface area contributed by atoms with Crippen molar-refractivity contribution in [1.82, 2.24) is 0 Å². The third-order valence-corrected chi connectivity index (χ3v) is 4.29. The van der Waals surface area contributed by atoms with Crippen molar-refractivity contribution >= 4 is 28.3 Å².